The van der Waals surface area contributed by atoms with Crippen LogP contribution in [0.25, 0.3) is 17.2 Å². The minimum absolute atomic E-state index is 0.0134. The fourth-order valence-corrected chi connectivity index (χ4v) is 3.60. The van der Waals surface area contributed by atoms with Crippen molar-refractivity contribution in [3.05, 3.63) is 78.4 Å². The van der Waals surface area contributed by atoms with Crippen molar-refractivity contribution in [3.8, 4) is 16.9 Å². The lowest BCUT2D eigenvalue weighted by molar-refractivity contribution is -0.241. The lowest BCUT2D eigenvalue weighted by atomic mass is 10.0. The standard InChI is InChI=1S/C24H24F2N2O4/c25-24(26)22(11-14-31-24)32-21-9-6-19(7-10-21)18-4-1-17(2-5-18)3-8-20(15-29)28-13-12-27-23(28)16-30/h1-10,12-13,20,22,29-30H,11,14-16H2/b8-3+/t20?,22-/m0/s1. The molecule has 3 aromatic rings. The summed E-state index contributed by atoms with van der Waals surface area (Å²) >= 11 is 0. The number of halogens is 2. The molecule has 0 bridgehead atoms. The molecule has 1 saturated heterocycles. The molecule has 2 atom stereocenters. The Morgan fingerprint density at radius 3 is 2.41 bits per heavy atom. The molecule has 1 aliphatic heterocycles. The van der Waals surface area contributed by atoms with Gasteiger partial charge in [-0.3, -0.25) is 0 Å². The van der Waals surface area contributed by atoms with Gasteiger partial charge in [-0.05, 0) is 28.8 Å². The molecule has 2 heterocycles. The number of alkyl halides is 2. The molecule has 8 heteroatoms. The second kappa shape index (κ2) is 9.60. The highest BCUT2D eigenvalue weighted by molar-refractivity contribution is 5.66. The third-order valence-electron chi connectivity index (χ3n) is 5.37. The average Bonchev–Trinajstić information content (AvgIpc) is 3.41. The van der Waals surface area contributed by atoms with E-state index in [1.165, 1.54) is 0 Å². The minimum Gasteiger partial charge on any atom is -0.481 e. The summed E-state index contributed by atoms with van der Waals surface area (Å²) in [6.07, 6.45) is 2.68. The van der Waals surface area contributed by atoms with Gasteiger partial charge in [-0.2, -0.15) is 8.78 Å². The molecule has 0 saturated carbocycles. The summed E-state index contributed by atoms with van der Waals surface area (Å²) in [7, 11) is 0. The molecule has 6 nitrogen and oxygen atoms in total. The van der Waals surface area contributed by atoms with Crippen LogP contribution in [0.4, 0.5) is 8.78 Å². The van der Waals surface area contributed by atoms with Gasteiger partial charge in [0.1, 0.15) is 18.2 Å². The van der Waals surface area contributed by atoms with Crippen LogP contribution in [0.2, 0.25) is 0 Å². The average molecular weight is 442 g/mol. The predicted molar refractivity (Wildman–Crippen MR) is 115 cm³/mol. The molecule has 0 amide bonds. The van der Waals surface area contributed by atoms with Crippen LogP contribution in [0.1, 0.15) is 23.9 Å². The van der Waals surface area contributed by atoms with Crippen LogP contribution in [-0.4, -0.2) is 45.2 Å². The number of ether oxygens (including phenoxy) is 2. The summed E-state index contributed by atoms with van der Waals surface area (Å²) < 4.78 is 38.6. The van der Waals surface area contributed by atoms with Crippen molar-refractivity contribution in [1.29, 1.82) is 0 Å². The van der Waals surface area contributed by atoms with Crippen LogP contribution < -0.4 is 4.74 Å². The fourth-order valence-electron chi connectivity index (χ4n) is 3.60. The van der Waals surface area contributed by atoms with E-state index in [4.69, 9.17) is 4.74 Å². The lowest BCUT2D eigenvalue weighted by Crippen LogP contribution is -2.33. The van der Waals surface area contributed by atoms with Gasteiger partial charge in [0.15, 0.2) is 6.10 Å². The van der Waals surface area contributed by atoms with E-state index in [9.17, 15) is 19.0 Å². The van der Waals surface area contributed by atoms with E-state index in [1.54, 1.807) is 29.1 Å². The first kappa shape index (κ1) is 22.1. The second-order valence-corrected chi connectivity index (χ2v) is 7.47. The number of aliphatic hydroxyl groups excluding tert-OH is 2. The van der Waals surface area contributed by atoms with Crippen LogP contribution in [0.5, 0.6) is 5.75 Å². The number of hydrogen-bond acceptors (Lipinski definition) is 5. The maximum atomic E-state index is 13.5. The largest absolute Gasteiger partial charge is 0.481 e. The highest BCUT2D eigenvalue weighted by atomic mass is 19.3. The van der Waals surface area contributed by atoms with E-state index in [2.05, 4.69) is 9.72 Å². The Morgan fingerprint density at radius 1 is 1.12 bits per heavy atom. The summed E-state index contributed by atoms with van der Waals surface area (Å²) in [4.78, 5) is 4.06. The third kappa shape index (κ3) is 4.88. The van der Waals surface area contributed by atoms with Gasteiger partial charge in [0.25, 0.3) is 0 Å². The minimum atomic E-state index is -3.26. The van der Waals surface area contributed by atoms with Crippen LogP contribution in [0.3, 0.4) is 0 Å². The monoisotopic (exact) mass is 442 g/mol. The van der Waals surface area contributed by atoms with Gasteiger partial charge in [-0.1, -0.05) is 48.6 Å². The second-order valence-electron chi connectivity index (χ2n) is 7.47. The van der Waals surface area contributed by atoms with Gasteiger partial charge in [0, 0.05) is 18.8 Å². The van der Waals surface area contributed by atoms with Gasteiger partial charge in [0.05, 0.1) is 19.3 Å². The summed E-state index contributed by atoms with van der Waals surface area (Å²) in [5, 5.41) is 19.0. The van der Waals surface area contributed by atoms with Gasteiger partial charge < -0.3 is 24.3 Å². The molecule has 1 unspecified atom stereocenters. The highest BCUT2D eigenvalue weighted by Gasteiger charge is 2.47. The van der Waals surface area contributed by atoms with Crippen LogP contribution in [0.15, 0.2) is 67.0 Å². The molecule has 1 fully saturated rings. The topological polar surface area (TPSA) is 76.7 Å². The zero-order valence-corrected chi connectivity index (χ0v) is 17.3. The van der Waals surface area contributed by atoms with Crippen LogP contribution in [-0.2, 0) is 11.3 Å². The molecule has 0 aliphatic carbocycles. The van der Waals surface area contributed by atoms with Crippen LogP contribution >= 0.6 is 0 Å². The van der Waals surface area contributed by atoms with E-state index >= 15 is 0 Å². The normalized spacial score (nSPS) is 18.8. The number of nitrogens with zero attached hydrogens (tertiary/aromatic N) is 2. The Balaban J connectivity index is 1.41. The molecule has 1 aliphatic rings. The number of aliphatic hydroxyl groups is 2. The maximum Gasteiger partial charge on any atom is 0.392 e. The Bertz CT molecular complexity index is 1050. The molecule has 2 N–H and O–H groups in total. The smallest absolute Gasteiger partial charge is 0.392 e. The number of benzene rings is 2. The zero-order chi connectivity index (χ0) is 22.6. The van der Waals surface area contributed by atoms with Gasteiger partial charge >= 0.3 is 6.11 Å². The molecule has 2 aromatic carbocycles. The zero-order valence-electron chi connectivity index (χ0n) is 17.3. The molecule has 0 spiro atoms. The number of hydrogen-bond donors (Lipinski definition) is 2. The van der Waals surface area contributed by atoms with Crippen molar-refractivity contribution in [2.45, 2.75) is 31.3 Å². The molecule has 32 heavy (non-hydrogen) atoms. The number of imidazole rings is 1. The van der Waals surface area contributed by atoms with Crippen molar-refractivity contribution >= 4 is 6.08 Å². The van der Waals surface area contributed by atoms with E-state index in [-0.39, 0.29) is 32.3 Å². The Kier molecular flexibility index (Phi) is 6.64. The molecule has 168 valence electrons. The Hall–Kier alpha value is -3.07. The van der Waals surface area contributed by atoms with E-state index in [0.717, 1.165) is 16.7 Å². The molecular formula is C24H24F2N2O4. The van der Waals surface area contributed by atoms with Crippen LogP contribution in [0, 0.1) is 0 Å². The molecular weight excluding hydrogens is 418 g/mol. The quantitative estimate of drug-likeness (QED) is 0.551. The number of aromatic nitrogens is 2. The summed E-state index contributed by atoms with van der Waals surface area (Å²) in [5.41, 5.74) is 2.85. The predicted octanol–water partition coefficient (Wildman–Crippen LogP) is 4.05. The van der Waals surface area contributed by atoms with Crippen molar-refractivity contribution in [3.63, 3.8) is 0 Å². The SMILES string of the molecule is OCc1nccn1C(/C=C/c1ccc(-c2ccc(O[C@H]3CCOC3(F)F)cc2)cc1)CO. The van der Waals surface area contributed by atoms with Crippen molar-refractivity contribution in [1.82, 2.24) is 9.55 Å². The van der Waals surface area contributed by atoms with Crippen molar-refractivity contribution in [2.24, 2.45) is 0 Å². The lowest BCUT2D eigenvalue weighted by Gasteiger charge is -2.19. The molecule has 0 radical (unpaired) electrons. The maximum absolute atomic E-state index is 13.5. The third-order valence-corrected chi connectivity index (χ3v) is 5.37. The van der Waals surface area contributed by atoms with Gasteiger partial charge in [-0.15, -0.1) is 0 Å². The summed E-state index contributed by atoms with van der Waals surface area (Å²) in [6, 6.07) is 14.5. The first-order valence-corrected chi connectivity index (χ1v) is 10.3. The highest BCUT2D eigenvalue weighted by Crippen LogP contribution is 2.33. The van der Waals surface area contributed by atoms with E-state index in [1.807, 2.05) is 48.6 Å². The number of rotatable bonds is 8. The van der Waals surface area contributed by atoms with E-state index < -0.39 is 12.2 Å². The van der Waals surface area contributed by atoms with E-state index in [0.29, 0.717) is 11.6 Å². The first-order chi connectivity index (χ1) is 15.5. The summed E-state index contributed by atoms with van der Waals surface area (Å²) in [5.74, 6) is 0.862. The Labute approximate surface area is 184 Å². The van der Waals surface area contributed by atoms with Crippen molar-refractivity contribution in [2.75, 3.05) is 13.2 Å². The Morgan fingerprint density at radius 2 is 1.81 bits per heavy atom. The first-order valence-electron chi connectivity index (χ1n) is 10.3. The van der Waals surface area contributed by atoms with Crippen molar-refractivity contribution < 1.29 is 28.5 Å². The fraction of sp³-hybridized carbons (Fsp3) is 0.292. The molecule has 1 aromatic heterocycles. The van der Waals surface area contributed by atoms with Gasteiger partial charge in [0.2, 0.25) is 0 Å². The van der Waals surface area contributed by atoms with Gasteiger partial charge in [-0.25, -0.2) is 4.98 Å². The summed E-state index contributed by atoms with van der Waals surface area (Å²) in [6.45, 7) is -0.335. The molecule has 4 rings (SSSR count).